The van der Waals surface area contributed by atoms with Crippen LogP contribution in [-0.2, 0) is 11.2 Å². The number of benzene rings is 1. The summed E-state index contributed by atoms with van der Waals surface area (Å²) in [7, 11) is 0. The smallest absolute Gasteiger partial charge is 0.0471 e. The summed E-state index contributed by atoms with van der Waals surface area (Å²) >= 11 is 15.9. The summed E-state index contributed by atoms with van der Waals surface area (Å²) in [6.45, 7) is 1.67. The molecule has 0 atom stereocenters. The van der Waals surface area contributed by atoms with Crippen LogP contribution in [0.2, 0.25) is 10.0 Å². The Bertz CT molecular complexity index is 389. The molecule has 1 heterocycles. The van der Waals surface area contributed by atoms with Gasteiger partial charge < -0.3 is 4.74 Å². The van der Waals surface area contributed by atoms with Crippen molar-refractivity contribution in [3.05, 3.63) is 33.8 Å². The molecule has 17 heavy (non-hydrogen) atoms. The lowest BCUT2D eigenvalue weighted by Gasteiger charge is -2.36. The number of halogens is 3. The van der Waals surface area contributed by atoms with Crippen LogP contribution in [0.3, 0.4) is 0 Å². The molecule has 4 heteroatoms. The Morgan fingerprint density at radius 1 is 1.24 bits per heavy atom. The van der Waals surface area contributed by atoms with E-state index in [1.165, 1.54) is 0 Å². The zero-order chi connectivity index (χ0) is 12.3. The van der Waals surface area contributed by atoms with Crippen molar-refractivity contribution in [2.45, 2.75) is 19.3 Å². The Hall–Kier alpha value is 0.240. The minimum atomic E-state index is 0.257. The van der Waals surface area contributed by atoms with Gasteiger partial charge in [0.2, 0.25) is 0 Å². The molecule has 0 amide bonds. The highest BCUT2D eigenvalue weighted by Crippen LogP contribution is 2.38. The van der Waals surface area contributed by atoms with Crippen molar-refractivity contribution in [3.8, 4) is 0 Å². The average Bonchev–Trinajstić information content (AvgIpc) is 2.35. The van der Waals surface area contributed by atoms with Crippen molar-refractivity contribution >= 4 is 39.1 Å². The number of rotatable bonds is 3. The van der Waals surface area contributed by atoms with Crippen molar-refractivity contribution in [3.63, 3.8) is 0 Å². The lowest BCUT2D eigenvalue weighted by atomic mass is 9.77. The second kappa shape index (κ2) is 5.92. The molecule has 0 saturated carbocycles. The fourth-order valence-corrected chi connectivity index (χ4v) is 3.38. The third-order valence-corrected chi connectivity index (χ3v) is 5.20. The number of ether oxygens (including phenoxy) is 1. The van der Waals surface area contributed by atoms with Gasteiger partial charge in [-0.1, -0.05) is 39.1 Å². The summed E-state index contributed by atoms with van der Waals surface area (Å²) < 4.78 is 5.44. The molecule has 0 aliphatic carbocycles. The van der Waals surface area contributed by atoms with Gasteiger partial charge in [0.25, 0.3) is 0 Å². The van der Waals surface area contributed by atoms with E-state index < -0.39 is 0 Å². The summed E-state index contributed by atoms with van der Waals surface area (Å²) in [6.07, 6.45) is 3.10. The molecule has 1 fully saturated rings. The molecule has 94 valence electrons. The highest BCUT2D eigenvalue weighted by molar-refractivity contribution is 9.09. The van der Waals surface area contributed by atoms with Gasteiger partial charge in [0.05, 0.1) is 0 Å². The summed E-state index contributed by atoms with van der Waals surface area (Å²) in [5.41, 5.74) is 1.40. The maximum atomic E-state index is 6.23. The maximum absolute atomic E-state index is 6.23. The first-order valence-corrected chi connectivity index (χ1v) is 7.61. The molecular formula is C13H15BrCl2O. The van der Waals surface area contributed by atoms with E-state index in [4.69, 9.17) is 27.9 Å². The van der Waals surface area contributed by atoms with Crippen LogP contribution in [0.4, 0.5) is 0 Å². The molecule has 1 aliphatic rings. The number of hydrogen-bond donors (Lipinski definition) is 0. The van der Waals surface area contributed by atoms with Crippen LogP contribution in [-0.4, -0.2) is 18.5 Å². The Kier molecular flexibility index (Phi) is 4.76. The van der Waals surface area contributed by atoms with Gasteiger partial charge in [0.15, 0.2) is 0 Å². The standard InChI is InChI=1S/C13H15BrCl2O/c14-9-13(3-5-17-6-4-13)8-10-7-11(15)1-2-12(10)16/h1-2,7H,3-6,8-9H2. The first-order valence-electron chi connectivity index (χ1n) is 5.73. The van der Waals surface area contributed by atoms with Crippen LogP contribution >= 0.6 is 39.1 Å². The number of alkyl halides is 1. The van der Waals surface area contributed by atoms with E-state index in [-0.39, 0.29) is 5.41 Å². The van der Waals surface area contributed by atoms with Gasteiger partial charge in [-0.3, -0.25) is 0 Å². The normalized spacial score (nSPS) is 19.2. The van der Waals surface area contributed by atoms with Crippen LogP contribution in [0, 0.1) is 5.41 Å². The fourth-order valence-electron chi connectivity index (χ4n) is 2.24. The molecule has 2 rings (SSSR count). The lowest BCUT2D eigenvalue weighted by molar-refractivity contribution is 0.0270. The predicted molar refractivity (Wildman–Crippen MR) is 76.4 cm³/mol. The minimum absolute atomic E-state index is 0.257. The van der Waals surface area contributed by atoms with Crippen molar-refractivity contribution in [2.75, 3.05) is 18.5 Å². The monoisotopic (exact) mass is 336 g/mol. The third kappa shape index (κ3) is 3.37. The second-order valence-corrected chi connectivity index (χ2v) is 6.06. The molecule has 0 spiro atoms. The Labute approximate surface area is 121 Å². The quantitative estimate of drug-likeness (QED) is 0.724. The summed E-state index contributed by atoms with van der Waals surface area (Å²) in [4.78, 5) is 0. The van der Waals surface area contributed by atoms with Crippen molar-refractivity contribution in [1.82, 2.24) is 0 Å². The van der Waals surface area contributed by atoms with Crippen molar-refractivity contribution in [2.24, 2.45) is 5.41 Å². The van der Waals surface area contributed by atoms with Crippen LogP contribution < -0.4 is 0 Å². The minimum Gasteiger partial charge on any atom is -0.381 e. The van der Waals surface area contributed by atoms with Crippen molar-refractivity contribution < 1.29 is 4.74 Å². The van der Waals surface area contributed by atoms with E-state index in [9.17, 15) is 0 Å². The van der Waals surface area contributed by atoms with Gasteiger partial charge in [-0.2, -0.15) is 0 Å². The molecule has 1 aliphatic heterocycles. The van der Waals surface area contributed by atoms with Crippen LogP contribution in [0.15, 0.2) is 18.2 Å². The van der Waals surface area contributed by atoms with Crippen molar-refractivity contribution in [1.29, 1.82) is 0 Å². The number of hydrogen-bond acceptors (Lipinski definition) is 1. The third-order valence-electron chi connectivity index (χ3n) is 3.41. The first-order chi connectivity index (χ1) is 8.15. The summed E-state index contributed by atoms with van der Waals surface area (Å²) in [5, 5.41) is 2.54. The van der Waals surface area contributed by atoms with E-state index >= 15 is 0 Å². The Balaban J connectivity index is 2.20. The van der Waals surface area contributed by atoms with Gasteiger partial charge in [0.1, 0.15) is 0 Å². The van der Waals surface area contributed by atoms with Crippen LogP contribution in [0.5, 0.6) is 0 Å². The highest BCUT2D eigenvalue weighted by atomic mass is 79.9. The summed E-state index contributed by atoms with van der Waals surface area (Å²) in [6, 6.07) is 5.68. The Morgan fingerprint density at radius 2 is 1.94 bits per heavy atom. The van der Waals surface area contributed by atoms with Crippen LogP contribution in [0.1, 0.15) is 18.4 Å². The fraction of sp³-hybridized carbons (Fsp3) is 0.538. The predicted octanol–water partition coefficient (Wildman–Crippen LogP) is 4.73. The molecule has 1 aromatic rings. The highest BCUT2D eigenvalue weighted by Gasteiger charge is 2.32. The molecular weight excluding hydrogens is 323 g/mol. The second-order valence-electron chi connectivity index (χ2n) is 4.66. The van der Waals surface area contributed by atoms with E-state index in [1.807, 2.05) is 18.2 Å². The van der Waals surface area contributed by atoms with Gasteiger partial charge >= 0.3 is 0 Å². The van der Waals surface area contributed by atoms with Gasteiger partial charge in [-0.05, 0) is 48.4 Å². The topological polar surface area (TPSA) is 9.23 Å². The molecule has 0 N–H and O–H groups in total. The maximum Gasteiger partial charge on any atom is 0.0471 e. The molecule has 1 nitrogen and oxygen atoms in total. The van der Waals surface area contributed by atoms with E-state index in [0.29, 0.717) is 0 Å². The SMILES string of the molecule is Clc1ccc(Cl)c(CC2(CBr)CCOCC2)c1. The first kappa shape index (κ1) is 13.7. The van der Waals surface area contributed by atoms with Gasteiger partial charge in [-0.15, -0.1) is 0 Å². The van der Waals surface area contributed by atoms with E-state index in [0.717, 1.165) is 53.4 Å². The lowest BCUT2D eigenvalue weighted by Crippen LogP contribution is -2.33. The zero-order valence-electron chi connectivity index (χ0n) is 9.52. The zero-order valence-corrected chi connectivity index (χ0v) is 12.6. The average molecular weight is 338 g/mol. The van der Waals surface area contributed by atoms with Crippen LogP contribution in [0.25, 0.3) is 0 Å². The molecule has 1 saturated heterocycles. The molecule has 0 bridgehead atoms. The molecule has 0 radical (unpaired) electrons. The van der Waals surface area contributed by atoms with E-state index in [2.05, 4.69) is 15.9 Å². The van der Waals surface area contributed by atoms with Gasteiger partial charge in [0, 0.05) is 28.6 Å². The Morgan fingerprint density at radius 3 is 2.59 bits per heavy atom. The van der Waals surface area contributed by atoms with E-state index in [1.54, 1.807) is 0 Å². The van der Waals surface area contributed by atoms with Gasteiger partial charge in [-0.25, -0.2) is 0 Å². The largest absolute Gasteiger partial charge is 0.381 e. The molecule has 0 unspecified atom stereocenters. The molecule has 0 aromatic heterocycles. The summed E-state index contributed by atoms with van der Waals surface area (Å²) in [5.74, 6) is 0. The molecule has 1 aromatic carbocycles.